The monoisotopic (exact) mass is 344 g/mol. The van der Waals surface area contributed by atoms with E-state index in [1.165, 1.54) is 0 Å². The summed E-state index contributed by atoms with van der Waals surface area (Å²) in [4.78, 5) is 9.32. The van der Waals surface area contributed by atoms with Gasteiger partial charge >= 0.3 is 0 Å². The third kappa shape index (κ3) is 3.27. The van der Waals surface area contributed by atoms with Crippen LogP contribution in [0.25, 0.3) is 10.8 Å². The van der Waals surface area contributed by atoms with Gasteiger partial charge in [0.1, 0.15) is 5.82 Å². The highest BCUT2D eigenvalue weighted by molar-refractivity contribution is 7.89. The normalized spacial score (nSPS) is 11.8. The van der Waals surface area contributed by atoms with Crippen molar-refractivity contribution >= 4 is 26.5 Å². The van der Waals surface area contributed by atoms with Gasteiger partial charge in [-0.1, -0.05) is 24.3 Å². The van der Waals surface area contributed by atoms with Crippen LogP contribution in [-0.4, -0.2) is 39.0 Å². The number of anilines is 1. The number of sulfonamides is 1. The van der Waals surface area contributed by atoms with Crippen LogP contribution in [-0.2, 0) is 16.4 Å². The molecule has 0 atom stereocenters. The summed E-state index contributed by atoms with van der Waals surface area (Å²) in [5.41, 5.74) is 0.986. The Hall–Kier alpha value is -2.38. The number of H-pyrrole nitrogens is 1. The van der Waals surface area contributed by atoms with Gasteiger partial charge in [-0.3, -0.25) is 0 Å². The zero-order chi connectivity index (χ0) is 17.2. The zero-order valence-electron chi connectivity index (χ0n) is 13.7. The number of benzene rings is 2. The summed E-state index contributed by atoms with van der Waals surface area (Å²) in [5, 5.41) is 1.63. The third-order valence-corrected chi connectivity index (χ3v) is 5.36. The molecule has 0 amide bonds. The number of fused-ring (bicyclic) bond motifs is 1. The predicted molar refractivity (Wildman–Crippen MR) is 95.8 cm³/mol. The molecule has 126 valence electrons. The van der Waals surface area contributed by atoms with Crippen molar-refractivity contribution in [3.63, 3.8) is 0 Å². The first-order valence-electron chi connectivity index (χ1n) is 7.66. The first kappa shape index (κ1) is 16.5. The minimum atomic E-state index is -3.59. The van der Waals surface area contributed by atoms with Crippen LogP contribution in [0.3, 0.4) is 0 Å². The fourth-order valence-electron chi connectivity index (χ4n) is 2.71. The average Bonchev–Trinajstić information content (AvgIpc) is 3.06. The molecule has 24 heavy (non-hydrogen) atoms. The lowest BCUT2D eigenvalue weighted by Crippen LogP contribution is -2.26. The predicted octanol–water partition coefficient (Wildman–Crippen LogP) is 2.15. The average molecular weight is 344 g/mol. The van der Waals surface area contributed by atoms with Crippen molar-refractivity contribution in [1.29, 1.82) is 0 Å². The molecule has 0 unspecified atom stereocenters. The Morgan fingerprint density at radius 1 is 1.12 bits per heavy atom. The fraction of sp³-hybridized carbons (Fsp3) is 0.235. The van der Waals surface area contributed by atoms with E-state index in [4.69, 9.17) is 0 Å². The molecule has 1 heterocycles. The maximum Gasteiger partial charge on any atom is 0.241 e. The van der Waals surface area contributed by atoms with Gasteiger partial charge in [-0.15, -0.1) is 0 Å². The molecule has 7 heteroatoms. The SMILES string of the molecule is CN(C)c1cccc2c(S(=O)(=O)NCCc3ncc[nH]3)cccc12. The number of aromatic amines is 1. The van der Waals surface area contributed by atoms with Crippen molar-refractivity contribution in [3.8, 4) is 0 Å². The van der Waals surface area contributed by atoms with Gasteiger partial charge in [-0.25, -0.2) is 18.1 Å². The van der Waals surface area contributed by atoms with Gasteiger partial charge in [0.2, 0.25) is 10.0 Å². The van der Waals surface area contributed by atoms with Gasteiger partial charge in [-0.2, -0.15) is 0 Å². The second kappa shape index (κ2) is 6.62. The Balaban J connectivity index is 1.91. The Morgan fingerprint density at radius 2 is 1.88 bits per heavy atom. The third-order valence-electron chi connectivity index (χ3n) is 3.84. The number of aromatic nitrogens is 2. The second-order valence-electron chi connectivity index (χ2n) is 5.71. The van der Waals surface area contributed by atoms with Crippen molar-refractivity contribution in [1.82, 2.24) is 14.7 Å². The Bertz CT molecular complexity index is 934. The number of imidazole rings is 1. The van der Waals surface area contributed by atoms with E-state index in [1.807, 2.05) is 43.3 Å². The van der Waals surface area contributed by atoms with E-state index in [2.05, 4.69) is 14.7 Å². The first-order valence-corrected chi connectivity index (χ1v) is 9.14. The molecular weight excluding hydrogens is 324 g/mol. The molecule has 3 aromatic rings. The van der Waals surface area contributed by atoms with Crippen LogP contribution >= 0.6 is 0 Å². The van der Waals surface area contributed by atoms with Crippen LogP contribution in [0.2, 0.25) is 0 Å². The number of nitrogens with one attached hydrogen (secondary N) is 2. The lowest BCUT2D eigenvalue weighted by atomic mass is 10.1. The van der Waals surface area contributed by atoms with Crippen LogP contribution in [0.15, 0.2) is 53.7 Å². The molecular formula is C17H20N4O2S. The lowest BCUT2D eigenvalue weighted by molar-refractivity contribution is 0.582. The zero-order valence-corrected chi connectivity index (χ0v) is 14.5. The number of hydrogen-bond donors (Lipinski definition) is 2. The van der Waals surface area contributed by atoms with Crippen LogP contribution < -0.4 is 9.62 Å². The molecule has 0 radical (unpaired) electrons. The summed E-state index contributed by atoms with van der Waals surface area (Å²) in [7, 11) is 0.291. The van der Waals surface area contributed by atoms with Crippen molar-refractivity contribution < 1.29 is 8.42 Å². The summed E-state index contributed by atoms with van der Waals surface area (Å²) in [6, 6.07) is 11.0. The molecule has 6 nitrogen and oxygen atoms in total. The van der Waals surface area contributed by atoms with Gasteiger partial charge in [0.05, 0.1) is 4.90 Å². The van der Waals surface area contributed by atoms with Gasteiger partial charge in [0.15, 0.2) is 0 Å². The topological polar surface area (TPSA) is 78.1 Å². The molecule has 3 rings (SSSR count). The molecule has 0 aliphatic carbocycles. The summed E-state index contributed by atoms with van der Waals surface area (Å²) in [6.45, 7) is 0.291. The highest BCUT2D eigenvalue weighted by atomic mass is 32.2. The van der Waals surface area contributed by atoms with Crippen LogP contribution in [0.1, 0.15) is 5.82 Å². The van der Waals surface area contributed by atoms with Crippen molar-refractivity contribution in [2.45, 2.75) is 11.3 Å². The van der Waals surface area contributed by atoms with Crippen molar-refractivity contribution in [2.24, 2.45) is 0 Å². The molecule has 0 fully saturated rings. The Kier molecular flexibility index (Phi) is 4.55. The van der Waals surface area contributed by atoms with E-state index < -0.39 is 10.0 Å². The number of hydrogen-bond acceptors (Lipinski definition) is 4. The maximum absolute atomic E-state index is 12.7. The standard InChI is InChI=1S/C17H20N4O2S/c1-21(2)15-7-3-6-14-13(15)5-4-8-16(14)24(22,23)20-10-9-17-18-11-12-19-17/h3-8,11-12,20H,9-10H2,1-2H3,(H,18,19). The molecule has 0 saturated carbocycles. The van der Waals surface area contributed by atoms with Gasteiger partial charge in [0.25, 0.3) is 0 Å². The number of nitrogens with zero attached hydrogens (tertiary/aromatic N) is 2. The fourth-order valence-corrected chi connectivity index (χ4v) is 3.96. The van der Waals surface area contributed by atoms with Crippen LogP contribution in [0.4, 0.5) is 5.69 Å². The van der Waals surface area contributed by atoms with Crippen LogP contribution in [0, 0.1) is 0 Å². The van der Waals surface area contributed by atoms with Gasteiger partial charge in [0, 0.05) is 55.9 Å². The van der Waals surface area contributed by atoms with E-state index in [0.29, 0.717) is 23.2 Å². The minimum absolute atomic E-state index is 0.291. The highest BCUT2D eigenvalue weighted by Gasteiger charge is 2.18. The van der Waals surface area contributed by atoms with Gasteiger partial charge < -0.3 is 9.88 Å². The summed E-state index contributed by atoms with van der Waals surface area (Å²) >= 11 is 0. The molecule has 2 aromatic carbocycles. The Morgan fingerprint density at radius 3 is 2.58 bits per heavy atom. The quantitative estimate of drug-likeness (QED) is 0.718. The van der Waals surface area contributed by atoms with Crippen LogP contribution in [0.5, 0.6) is 0 Å². The molecule has 1 aromatic heterocycles. The molecule has 0 saturated heterocycles. The first-order chi connectivity index (χ1) is 11.5. The van der Waals surface area contributed by atoms with E-state index in [1.54, 1.807) is 24.5 Å². The highest BCUT2D eigenvalue weighted by Crippen LogP contribution is 2.29. The molecule has 0 bridgehead atoms. The smallest absolute Gasteiger partial charge is 0.241 e. The molecule has 0 aliphatic rings. The second-order valence-corrected chi connectivity index (χ2v) is 7.44. The van der Waals surface area contributed by atoms with E-state index in [9.17, 15) is 8.42 Å². The van der Waals surface area contributed by atoms with E-state index in [0.717, 1.165) is 16.9 Å². The lowest BCUT2D eigenvalue weighted by Gasteiger charge is -2.17. The minimum Gasteiger partial charge on any atom is -0.377 e. The van der Waals surface area contributed by atoms with Crippen molar-refractivity contribution in [2.75, 3.05) is 25.5 Å². The summed E-state index contributed by atoms with van der Waals surface area (Å²) in [6.07, 6.45) is 3.88. The maximum atomic E-state index is 12.7. The van der Waals surface area contributed by atoms with Gasteiger partial charge in [-0.05, 0) is 12.1 Å². The summed E-state index contributed by atoms with van der Waals surface area (Å²) in [5.74, 6) is 0.755. The van der Waals surface area contributed by atoms with E-state index >= 15 is 0 Å². The Labute approximate surface area is 141 Å². The molecule has 0 aliphatic heterocycles. The molecule has 2 N–H and O–H groups in total. The van der Waals surface area contributed by atoms with E-state index in [-0.39, 0.29) is 0 Å². The summed E-state index contributed by atoms with van der Waals surface area (Å²) < 4.78 is 28.1. The number of rotatable bonds is 6. The van der Waals surface area contributed by atoms with Crippen molar-refractivity contribution in [3.05, 3.63) is 54.6 Å². The molecule has 0 spiro atoms. The largest absolute Gasteiger partial charge is 0.377 e.